The predicted octanol–water partition coefficient (Wildman–Crippen LogP) is 1.25. The molecule has 1 aromatic carbocycles. The fourth-order valence-corrected chi connectivity index (χ4v) is 1.20. The van der Waals surface area contributed by atoms with Crippen molar-refractivity contribution in [3.05, 3.63) is 29.8 Å². The molecule has 0 fully saturated rings. The second kappa shape index (κ2) is 5.73. The molecule has 0 radical (unpaired) electrons. The van der Waals surface area contributed by atoms with Crippen molar-refractivity contribution in [3.63, 3.8) is 0 Å². The van der Waals surface area contributed by atoms with Gasteiger partial charge in [0.25, 0.3) is 0 Å². The van der Waals surface area contributed by atoms with Gasteiger partial charge in [-0.25, -0.2) is 0 Å². The molecular formula is C11H12N2O3. The van der Waals surface area contributed by atoms with Crippen molar-refractivity contribution in [2.24, 2.45) is 5.16 Å². The molecule has 0 aliphatic carbocycles. The highest BCUT2D eigenvalue weighted by Crippen LogP contribution is 2.20. The minimum absolute atomic E-state index is 0.101. The Bertz CT molecular complexity index is 423. The summed E-state index contributed by atoms with van der Waals surface area (Å²) in [5.74, 6) is 0.603. The van der Waals surface area contributed by atoms with E-state index in [4.69, 9.17) is 10.00 Å². The third kappa shape index (κ3) is 2.72. The van der Waals surface area contributed by atoms with Crippen LogP contribution in [0.5, 0.6) is 5.75 Å². The Morgan fingerprint density at radius 1 is 1.50 bits per heavy atom. The Kier molecular flexibility index (Phi) is 4.30. The van der Waals surface area contributed by atoms with Crippen LogP contribution in [0.4, 0.5) is 0 Å². The van der Waals surface area contributed by atoms with Gasteiger partial charge in [-0.15, -0.1) is 0 Å². The van der Waals surface area contributed by atoms with E-state index in [2.05, 4.69) is 9.99 Å². The summed E-state index contributed by atoms with van der Waals surface area (Å²) in [6, 6.07) is 8.55. The van der Waals surface area contributed by atoms with Gasteiger partial charge in [0.1, 0.15) is 25.0 Å². The van der Waals surface area contributed by atoms with Crippen molar-refractivity contribution >= 4 is 5.71 Å². The smallest absolute Gasteiger partial charge is 0.189 e. The van der Waals surface area contributed by atoms with Crippen LogP contribution >= 0.6 is 0 Å². The number of hydrogen-bond donors (Lipinski definition) is 1. The van der Waals surface area contributed by atoms with Crippen molar-refractivity contribution < 1.29 is 14.7 Å². The SMILES string of the molecule is CO/N=C(\C#N)[C@H](O)c1cccc(OC)c1. The number of benzene rings is 1. The Morgan fingerprint density at radius 3 is 2.81 bits per heavy atom. The average molecular weight is 220 g/mol. The summed E-state index contributed by atoms with van der Waals surface area (Å²) in [6.45, 7) is 0. The molecule has 0 saturated carbocycles. The van der Waals surface area contributed by atoms with Gasteiger partial charge in [-0.2, -0.15) is 5.26 Å². The number of aliphatic hydroxyl groups excluding tert-OH is 1. The first kappa shape index (κ1) is 12.0. The molecule has 0 bridgehead atoms. The monoisotopic (exact) mass is 220 g/mol. The number of hydrogen-bond acceptors (Lipinski definition) is 5. The predicted molar refractivity (Wildman–Crippen MR) is 58.0 cm³/mol. The number of aliphatic hydroxyl groups is 1. The number of nitriles is 1. The lowest BCUT2D eigenvalue weighted by molar-refractivity contribution is 0.197. The van der Waals surface area contributed by atoms with Gasteiger partial charge in [0.2, 0.25) is 0 Å². The average Bonchev–Trinajstić information content (AvgIpc) is 2.35. The highest BCUT2D eigenvalue weighted by atomic mass is 16.6. The molecule has 0 aliphatic rings. The zero-order valence-corrected chi connectivity index (χ0v) is 9.04. The quantitative estimate of drug-likeness (QED) is 0.612. The lowest BCUT2D eigenvalue weighted by Gasteiger charge is -2.09. The van der Waals surface area contributed by atoms with Crippen molar-refractivity contribution in [1.29, 1.82) is 5.26 Å². The number of rotatable bonds is 4. The van der Waals surface area contributed by atoms with Gasteiger partial charge in [-0.1, -0.05) is 17.3 Å². The first-order valence-electron chi connectivity index (χ1n) is 4.56. The van der Waals surface area contributed by atoms with Crippen LogP contribution in [0.25, 0.3) is 0 Å². The first-order chi connectivity index (χ1) is 7.72. The zero-order chi connectivity index (χ0) is 12.0. The van der Waals surface area contributed by atoms with E-state index in [1.54, 1.807) is 30.3 Å². The van der Waals surface area contributed by atoms with E-state index in [1.807, 2.05) is 0 Å². The van der Waals surface area contributed by atoms with Crippen molar-refractivity contribution in [2.45, 2.75) is 6.10 Å². The Hall–Kier alpha value is -2.06. The molecule has 0 saturated heterocycles. The van der Waals surface area contributed by atoms with Crippen LogP contribution in [0.3, 0.4) is 0 Å². The van der Waals surface area contributed by atoms with Crippen molar-refractivity contribution in [2.75, 3.05) is 14.2 Å². The van der Waals surface area contributed by atoms with Gasteiger partial charge < -0.3 is 14.7 Å². The van der Waals surface area contributed by atoms with Crippen LogP contribution in [0, 0.1) is 11.3 Å². The molecule has 0 unspecified atom stereocenters. The van der Waals surface area contributed by atoms with Crippen molar-refractivity contribution in [1.82, 2.24) is 0 Å². The molecular weight excluding hydrogens is 208 g/mol. The summed E-state index contributed by atoms with van der Waals surface area (Å²) in [4.78, 5) is 4.47. The van der Waals surface area contributed by atoms with Gasteiger partial charge in [-0.05, 0) is 17.7 Å². The lowest BCUT2D eigenvalue weighted by Crippen LogP contribution is -2.10. The van der Waals surface area contributed by atoms with Gasteiger partial charge in [0, 0.05) is 0 Å². The zero-order valence-electron chi connectivity index (χ0n) is 9.04. The Labute approximate surface area is 93.5 Å². The standard InChI is InChI=1S/C11H12N2O3/c1-15-9-5-3-4-8(6-9)11(14)10(7-12)13-16-2/h3-6,11,14H,1-2H3/b13-10+/t11-/m1/s1. The fraction of sp³-hybridized carbons (Fsp3) is 0.273. The number of oxime groups is 1. The third-order valence-electron chi connectivity index (χ3n) is 1.97. The number of nitrogens with zero attached hydrogens (tertiary/aromatic N) is 2. The first-order valence-corrected chi connectivity index (χ1v) is 4.56. The summed E-state index contributed by atoms with van der Waals surface area (Å²) in [5, 5.41) is 22.0. The number of ether oxygens (including phenoxy) is 1. The summed E-state index contributed by atoms with van der Waals surface area (Å²) < 4.78 is 5.01. The molecule has 0 aromatic heterocycles. The van der Waals surface area contributed by atoms with Crippen LogP contribution in [0.2, 0.25) is 0 Å². The molecule has 0 amide bonds. The second-order valence-electron chi connectivity index (χ2n) is 2.95. The van der Waals surface area contributed by atoms with Crippen LogP contribution in [0.1, 0.15) is 11.7 Å². The van der Waals surface area contributed by atoms with E-state index in [9.17, 15) is 5.11 Å². The largest absolute Gasteiger partial charge is 0.497 e. The van der Waals surface area contributed by atoms with E-state index >= 15 is 0 Å². The second-order valence-corrected chi connectivity index (χ2v) is 2.95. The Morgan fingerprint density at radius 2 is 2.25 bits per heavy atom. The fourth-order valence-electron chi connectivity index (χ4n) is 1.20. The molecule has 84 valence electrons. The maximum atomic E-state index is 9.84. The van der Waals surface area contributed by atoms with E-state index in [0.717, 1.165) is 0 Å². The highest BCUT2D eigenvalue weighted by Gasteiger charge is 2.16. The van der Waals surface area contributed by atoms with Gasteiger partial charge in [-0.3, -0.25) is 0 Å². The number of methoxy groups -OCH3 is 1. The topological polar surface area (TPSA) is 74.8 Å². The molecule has 5 heteroatoms. The molecule has 16 heavy (non-hydrogen) atoms. The molecule has 0 heterocycles. The molecule has 5 nitrogen and oxygen atoms in total. The van der Waals surface area contributed by atoms with E-state index < -0.39 is 6.10 Å². The summed E-state index contributed by atoms with van der Waals surface area (Å²) in [5.41, 5.74) is 0.424. The van der Waals surface area contributed by atoms with E-state index in [-0.39, 0.29) is 5.71 Å². The minimum atomic E-state index is -1.11. The molecule has 0 spiro atoms. The van der Waals surface area contributed by atoms with Gasteiger partial charge in [0.05, 0.1) is 7.11 Å². The van der Waals surface area contributed by atoms with Gasteiger partial charge >= 0.3 is 0 Å². The molecule has 0 aliphatic heterocycles. The maximum absolute atomic E-state index is 9.84. The maximum Gasteiger partial charge on any atom is 0.189 e. The molecule has 1 N–H and O–H groups in total. The molecule has 1 atom stereocenters. The Balaban J connectivity index is 2.99. The van der Waals surface area contributed by atoms with Crippen LogP contribution in [-0.2, 0) is 4.84 Å². The molecule has 1 rings (SSSR count). The summed E-state index contributed by atoms with van der Waals surface area (Å²) in [6.07, 6.45) is -1.11. The lowest BCUT2D eigenvalue weighted by atomic mass is 10.1. The molecule has 1 aromatic rings. The van der Waals surface area contributed by atoms with Crippen LogP contribution < -0.4 is 4.74 Å². The normalized spacial score (nSPS) is 12.8. The minimum Gasteiger partial charge on any atom is -0.497 e. The third-order valence-corrected chi connectivity index (χ3v) is 1.97. The highest BCUT2D eigenvalue weighted by molar-refractivity contribution is 6.01. The van der Waals surface area contributed by atoms with E-state index in [0.29, 0.717) is 11.3 Å². The van der Waals surface area contributed by atoms with E-state index in [1.165, 1.54) is 14.2 Å². The van der Waals surface area contributed by atoms with Crippen LogP contribution in [0.15, 0.2) is 29.4 Å². The van der Waals surface area contributed by atoms with Crippen LogP contribution in [-0.4, -0.2) is 25.0 Å². The van der Waals surface area contributed by atoms with Crippen molar-refractivity contribution in [3.8, 4) is 11.8 Å². The summed E-state index contributed by atoms with van der Waals surface area (Å²) in [7, 11) is 2.84. The summed E-state index contributed by atoms with van der Waals surface area (Å²) >= 11 is 0. The van der Waals surface area contributed by atoms with Gasteiger partial charge in [0.15, 0.2) is 5.71 Å².